The van der Waals surface area contributed by atoms with Gasteiger partial charge < -0.3 is 15.3 Å². The van der Waals surface area contributed by atoms with Gasteiger partial charge in [0.2, 0.25) is 0 Å². The lowest BCUT2D eigenvalue weighted by Crippen LogP contribution is -2.41. The van der Waals surface area contributed by atoms with Crippen LogP contribution in [0.3, 0.4) is 0 Å². The molecule has 6 rings (SSSR count). The maximum atomic E-state index is 13.3. The molecule has 0 bridgehead atoms. The van der Waals surface area contributed by atoms with Crippen LogP contribution >= 0.6 is 23.2 Å². The minimum absolute atomic E-state index is 0.0101. The third kappa shape index (κ3) is 5.26. The summed E-state index contributed by atoms with van der Waals surface area (Å²) in [6.45, 7) is 0.612. The second kappa shape index (κ2) is 11.4. The van der Waals surface area contributed by atoms with E-state index in [2.05, 4.69) is 20.4 Å². The van der Waals surface area contributed by atoms with E-state index in [1.807, 2.05) is 42.5 Å². The summed E-state index contributed by atoms with van der Waals surface area (Å²) in [5, 5.41) is 17.9. The number of hydrogen-bond donors (Lipinski definition) is 2. The smallest absolute Gasteiger partial charge is 0.326 e. The minimum atomic E-state index is -1.20. The zero-order chi connectivity index (χ0) is 29.4. The number of aryl methyl sites for hydroxylation is 1. The van der Waals surface area contributed by atoms with E-state index in [4.69, 9.17) is 23.2 Å². The summed E-state index contributed by atoms with van der Waals surface area (Å²) in [4.78, 5) is 48.8. The molecule has 5 aromatic rings. The number of carbonyl (C=O) groups is 3. The molecule has 0 spiro atoms. The molecule has 1 atom stereocenters. The molecule has 42 heavy (non-hydrogen) atoms. The molecule has 2 amide bonds. The first-order valence-corrected chi connectivity index (χ1v) is 14.0. The number of amides is 2. The molecule has 212 valence electrons. The normalized spacial score (nSPS) is 13.6. The lowest BCUT2D eigenvalue weighted by Gasteiger charge is -2.30. The number of nitrogens with one attached hydrogen (secondary N) is 1. The third-order valence-electron chi connectivity index (χ3n) is 7.41. The average Bonchev–Trinajstić information content (AvgIpc) is 3.43. The van der Waals surface area contributed by atoms with E-state index in [9.17, 15) is 19.5 Å². The number of aliphatic carboxylic acids is 1. The fourth-order valence-corrected chi connectivity index (χ4v) is 6.03. The number of nitrogens with zero attached hydrogens (tertiary/aromatic N) is 5. The van der Waals surface area contributed by atoms with Crippen molar-refractivity contribution in [1.82, 2.24) is 29.8 Å². The number of hydrogen-bond acceptors (Lipinski definition) is 6. The number of para-hydroxylation sites is 1. The largest absolute Gasteiger partial charge is 0.480 e. The van der Waals surface area contributed by atoms with Crippen LogP contribution in [0.4, 0.5) is 0 Å². The van der Waals surface area contributed by atoms with Crippen LogP contribution in [0.1, 0.15) is 44.1 Å². The molecule has 10 nitrogen and oxygen atoms in total. The Morgan fingerprint density at radius 1 is 1.05 bits per heavy atom. The molecular weight excluding hydrogens is 579 g/mol. The van der Waals surface area contributed by atoms with Gasteiger partial charge in [-0.2, -0.15) is 5.10 Å². The van der Waals surface area contributed by atoms with E-state index in [0.29, 0.717) is 36.3 Å². The van der Waals surface area contributed by atoms with E-state index >= 15 is 0 Å². The predicted molar refractivity (Wildman–Crippen MR) is 157 cm³/mol. The zero-order valence-electron chi connectivity index (χ0n) is 22.1. The van der Waals surface area contributed by atoms with Gasteiger partial charge in [0.05, 0.1) is 32.3 Å². The number of benzene rings is 2. The molecular formula is C30H24Cl2N6O4. The summed E-state index contributed by atoms with van der Waals surface area (Å²) < 4.78 is 1.64. The molecule has 2 N–H and O–H groups in total. The van der Waals surface area contributed by atoms with Crippen molar-refractivity contribution in [1.29, 1.82) is 0 Å². The van der Waals surface area contributed by atoms with Crippen molar-refractivity contribution in [3.05, 3.63) is 105 Å². The fraction of sp³-hybridized carbons (Fsp3) is 0.200. The Kier molecular flexibility index (Phi) is 7.49. The summed E-state index contributed by atoms with van der Waals surface area (Å²) >= 11 is 13.2. The van der Waals surface area contributed by atoms with E-state index in [0.717, 1.165) is 22.0 Å². The lowest BCUT2D eigenvalue weighted by atomic mass is 9.96. The molecule has 3 aromatic heterocycles. The Bertz CT molecular complexity index is 1840. The molecule has 2 aromatic carbocycles. The summed E-state index contributed by atoms with van der Waals surface area (Å²) in [5.74, 6) is -2.09. The van der Waals surface area contributed by atoms with Crippen LogP contribution in [0.5, 0.6) is 0 Å². The molecule has 0 saturated carbocycles. The highest BCUT2D eigenvalue weighted by atomic mass is 35.5. The number of carbonyl (C=O) groups excluding carboxylic acids is 2. The SMILES string of the molecule is O=C(N[C@@H](CCc1ncnc2ccccc12)C(=O)O)c1c(Cl)cc2c(c1Cl)CCN(C(=O)c1cc3ccccn3n1)C2. The van der Waals surface area contributed by atoms with Crippen molar-refractivity contribution in [3.8, 4) is 0 Å². The molecule has 0 radical (unpaired) electrons. The second-order valence-electron chi connectivity index (χ2n) is 10.0. The summed E-state index contributed by atoms with van der Waals surface area (Å²) in [6.07, 6.45) is 4.01. The summed E-state index contributed by atoms with van der Waals surface area (Å²) in [5.41, 5.74) is 4.01. The molecule has 0 aliphatic carbocycles. The van der Waals surface area contributed by atoms with Gasteiger partial charge in [-0.25, -0.2) is 19.3 Å². The number of carboxylic acids is 1. The van der Waals surface area contributed by atoms with Crippen molar-refractivity contribution in [2.45, 2.75) is 31.8 Å². The van der Waals surface area contributed by atoms with Crippen LogP contribution < -0.4 is 5.32 Å². The van der Waals surface area contributed by atoms with E-state index in [1.54, 1.807) is 27.7 Å². The number of fused-ring (bicyclic) bond motifs is 3. The maximum Gasteiger partial charge on any atom is 0.326 e. The first kappa shape index (κ1) is 27.6. The van der Waals surface area contributed by atoms with Crippen molar-refractivity contribution >= 4 is 57.4 Å². The van der Waals surface area contributed by atoms with Crippen LogP contribution in [0.25, 0.3) is 16.4 Å². The van der Waals surface area contributed by atoms with Crippen molar-refractivity contribution in [2.75, 3.05) is 6.54 Å². The van der Waals surface area contributed by atoms with Gasteiger partial charge in [0.25, 0.3) is 11.8 Å². The van der Waals surface area contributed by atoms with E-state index in [-0.39, 0.29) is 34.5 Å². The fourth-order valence-electron chi connectivity index (χ4n) is 5.27. The predicted octanol–water partition coefficient (Wildman–Crippen LogP) is 4.60. The first-order valence-electron chi connectivity index (χ1n) is 13.3. The van der Waals surface area contributed by atoms with E-state index in [1.165, 1.54) is 6.33 Å². The molecule has 0 fully saturated rings. The molecule has 1 aliphatic rings. The Hall–Kier alpha value is -4.54. The third-order valence-corrected chi connectivity index (χ3v) is 8.12. The first-order chi connectivity index (χ1) is 20.3. The number of pyridine rings is 1. The maximum absolute atomic E-state index is 13.3. The van der Waals surface area contributed by atoms with Gasteiger partial charge in [-0.3, -0.25) is 9.59 Å². The monoisotopic (exact) mass is 602 g/mol. The van der Waals surface area contributed by atoms with Crippen LogP contribution in [-0.4, -0.2) is 60.0 Å². The van der Waals surface area contributed by atoms with Crippen LogP contribution in [-0.2, 0) is 24.2 Å². The second-order valence-corrected chi connectivity index (χ2v) is 10.8. The summed E-state index contributed by atoms with van der Waals surface area (Å²) in [7, 11) is 0. The minimum Gasteiger partial charge on any atom is -0.480 e. The van der Waals surface area contributed by atoms with Gasteiger partial charge in [-0.05, 0) is 60.7 Å². The molecule has 0 unspecified atom stereocenters. The molecule has 1 aliphatic heterocycles. The van der Waals surface area contributed by atoms with Gasteiger partial charge >= 0.3 is 5.97 Å². The molecule has 4 heterocycles. The van der Waals surface area contributed by atoms with Crippen LogP contribution in [0.15, 0.2) is 67.1 Å². The Labute approximate surface area is 249 Å². The Balaban J connectivity index is 1.18. The van der Waals surface area contributed by atoms with Crippen molar-refractivity contribution in [2.24, 2.45) is 0 Å². The topological polar surface area (TPSA) is 130 Å². The molecule has 12 heteroatoms. The lowest BCUT2D eigenvalue weighted by molar-refractivity contribution is -0.139. The van der Waals surface area contributed by atoms with Gasteiger partial charge in [0, 0.05) is 24.7 Å². The number of rotatable bonds is 7. The van der Waals surface area contributed by atoms with Gasteiger partial charge in [0.1, 0.15) is 12.4 Å². The van der Waals surface area contributed by atoms with E-state index < -0.39 is 17.9 Å². The van der Waals surface area contributed by atoms with Gasteiger partial charge in [-0.15, -0.1) is 0 Å². The van der Waals surface area contributed by atoms with Gasteiger partial charge in [-0.1, -0.05) is 47.5 Å². The van der Waals surface area contributed by atoms with Crippen molar-refractivity contribution < 1.29 is 19.5 Å². The quantitative estimate of drug-likeness (QED) is 0.278. The number of halogens is 2. The highest BCUT2D eigenvalue weighted by Gasteiger charge is 2.30. The standard InChI is InChI=1S/C30H24Cl2N6O4/c31-21-13-17-15-37(29(40)25-14-18-5-3-4-11-38(18)36-25)12-10-19(17)27(32)26(21)28(39)35-24(30(41)42)9-8-23-20-6-1-2-7-22(20)33-16-34-23/h1-7,11,13-14,16,24H,8-10,12,15H2,(H,35,39)(H,41,42)/t24-/m0/s1. The highest BCUT2D eigenvalue weighted by molar-refractivity contribution is 6.40. The summed E-state index contributed by atoms with van der Waals surface area (Å²) in [6, 6.07) is 15.2. The van der Waals surface area contributed by atoms with Crippen LogP contribution in [0.2, 0.25) is 10.0 Å². The Morgan fingerprint density at radius 2 is 1.86 bits per heavy atom. The van der Waals surface area contributed by atoms with Crippen LogP contribution in [0, 0.1) is 0 Å². The molecule has 0 saturated heterocycles. The highest BCUT2D eigenvalue weighted by Crippen LogP contribution is 2.35. The number of carboxylic acid groups (broad SMARTS) is 1. The van der Waals surface area contributed by atoms with Gasteiger partial charge in [0.15, 0.2) is 5.69 Å². The number of aromatic nitrogens is 4. The average molecular weight is 603 g/mol. The Morgan fingerprint density at radius 3 is 2.67 bits per heavy atom. The van der Waals surface area contributed by atoms with Crippen molar-refractivity contribution in [3.63, 3.8) is 0 Å². The zero-order valence-corrected chi connectivity index (χ0v) is 23.6.